The van der Waals surface area contributed by atoms with Gasteiger partial charge in [0.1, 0.15) is 0 Å². The first kappa shape index (κ1) is 19.6. The Morgan fingerprint density at radius 1 is 0.889 bits per heavy atom. The molecule has 1 heterocycles. The largest absolute Gasteiger partial charge is 0.334 e. The lowest BCUT2D eigenvalue weighted by Gasteiger charge is -2.27. The Labute approximate surface area is 169 Å². The molecule has 0 aliphatic carbocycles. The molecule has 0 bridgehead atoms. The van der Waals surface area contributed by atoms with Crippen molar-refractivity contribution in [2.24, 2.45) is 0 Å². The number of anilines is 1. The maximum absolute atomic E-state index is 13.2. The van der Waals surface area contributed by atoms with Crippen molar-refractivity contribution in [1.82, 2.24) is 4.90 Å². The minimum absolute atomic E-state index is 0.0194. The molecule has 2 amide bonds. The average Bonchev–Trinajstić information content (AvgIpc) is 2.70. The summed E-state index contributed by atoms with van der Waals surface area (Å²) in [6.07, 6.45) is 4.06. The van der Waals surface area contributed by atoms with Crippen LogP contribution in [0, 0.1) is 0 Å². The number of carbonyl (C=O) groups is 2. The van der Waals surface area contributed by atoms with Crippen LogP contribution >= 0.6 is 15.9 Å². The molecule has 27 heavy (non-hydrogen) atoms. The molecule has 1 aliphatic rings. The molecule has 1 aliphatic heterocycles. The van der Waals surface area contributed by atoms with Gasteiger partial charge in [0.15, 0.2) is 0 Å². The van der Waals surface area contributed by atoms with Crippen LogP contribution in [0.25, 0.3) is 0 Å². The zero-order valence-electron chi connectivity index (χ0n) is 15.7. The van der Waals surface area contributed by atoms with Crippen LogP contribution in [0.15, 0.2) is 53.0 Å². The van der Waals surface area contributed by atoms with Gasteiger partial charge in [0.25, 0.3) is 5.91 Å². The van der Waals surface area contributed by atoms with Gasteiger partial charge >= 0.3 is 0 Å². The number of nitrogens with zero attached hydrogens (tertiary/aromatic N) is 2. The predicted molar refractivity (Wildman–Crippen MR) is 112 cm³/mol. The van der Waals surface area contributed by atoms with Crippen molar-refractivity contribution in [1.29, 1.82) is 0 Å². The summed E-state index contributed by atoms with van der Waals surface area (Å²) >= 11 is 3.50. The minimum atomic E-state index is 0.0194. The summed E-state index contributed by atoms with van der Waals surface area (Å²) in [5.41, 5.74) is 2.60. The van der Waals surface area contributed by atoms with E-state index < -0.39 is 0 Å². The summed E-state index contributed by atoms with van der Waals surface area (Å²) < 4.78 is 0.808. The smallest absolute Gasteiger partial charge is 0.255 e. The Bertz CT molecular complexity index is 821. The summed E-state index contributed by atoms with van der Waals surface area (Å²) in [5, 5.41) is 0. The molecule has 0 atom stereocenters. The zero-order chi connectivity index (χ0) is 19.2. The number of benzene rings is 2. The van der Waals surface area contributed by atoms with Crippen molar-refractivity contribution in [2.75, 3.05) is 18.0 Å². The number of rotatable bonds is 1. The van der Waals surface area contributed by atoms with Crippen LogP contribution in [0.1, 0.15) is 48.5 Å². The molecule has 0 unspecified atom stereocenters. The van der Waals surface area contributed by atoms with E-state index in [0.717, 1.165) is 48.0 Å². The van der Waals surface area contributed by atoms with Crippen LogP contribution < -0.4 is 4.90 Å². The lowest BCUT2D eigenvalue weighted by atomic mass is 10.1. The van der Waals surface area contributed by atoms with Gasteiger partial charge in [-0.25, -0.2) is 0 Å². The van der Waals surface area contributed by atoms with Gasteiger partial charge in [-0.2, -0.15) is 0 Å². The van der Waals surface area contributed by atoms with E-state index in [4.69, 9.17) is 0 Å². The number of carbonyl (C=O) groups excluding carboxylic acids is 2. The van der Waals surface area contributed by atoms with Gasteiger partial charge < -0.3 is 9.80 Å². The van der Waals surface area contributed by atoms with Gasteiger partial charge in [0.2, 0.25) is 5.91 Å². The summed E-state index contributed by atoms with van der Waals surface area (Å²) in [4.78, 5) is 29.2. The summed E-state index contributed by atoms with van der Waals surface area (Å²) in [6.45, 7) is 3.56. The van der Waals surface area contributed by atoms with Crippen LogP contribution in [-0.2, 0) is 11.3 Å². The van der Waals surface area contributed by atoms with Crippen molar-refractivity contribution in [3.05, 3.63) is 64.1 Å². The zero-order valence-corrected chi connectivity index (χ0v) is 17.2. The highest BCUT2D eigenvalue weighted by Crippen LogP contribution is 2.26. The third-order valence-corrected chi connectivity index (χ3v) is 5.67. The van der Waals surface area contributed by atoms with E-state index >= 15 is 0 Å². The lowest BCUT2D eigenvalue weighted by Crippen LogP contribution is -2.34. The van der Waals surface area contributed by atoms with Crippen molar-refractivity contribution in [3.8, 4) is 0 Å². The molecule has 0 fully saturated rings. The van der Waals surface area contributed by atoms with Gasteiger partial charge in [-0.15, -0.1) is 0 Å². The minimum Gasteiger partial charge on any atom is -0.334 e. The fraction of sp³-hybridized carbons (Fsp3) is 0.364. The van der Waals surface area contributed by atoms with Crippen LogP contribution in [0.2, 0.25) is 0 Å². The molecule has 3 rings (SSSR count). The normalized spacial score (nSPS) is 15.6. The maximum Gasteiger partial charge on any atom is 0.255 e. The molecule has 0 spiro atoms. The van der Waals surface area contributed by atoms with E-state index in [2.05, 4.69) is 15.9 Å². The van der Waals surface area contributed by atoms with E-state index in [1.165, 1.54) is 0 Å². The third kappa shape index (κ3) is 4.78. The topological polar surface area (TPSA) is 40.6 Å². The van der Waals surface area contributed by atoms with Gasteiger partial charge in [0, 0.05) is 36.7 Å². The molecule has 2 aromatic carbocycles. The molecule has 0 aromatic heterocycles. The second-order valence-corrected chi connectivity index (χ2v) is 7.77. The second kappa shape index (κ2) is 9.18. The van der Waals surface area contributed by atoms with E-state index in [9.17, 15) is 9.59 Å². The average molecular weight is 429 g/mol. The highest BCUT2D eigenvalue weighted by molar-refractivity contribution is 9.10. The Morgan fingerprint density at radius 2 is 1.56 bits per heavy atom. The summed E-state index contributed by atoms with van der Waals surface area (Å²) in [5.74, 6) is 0.0660. The van der Waals surface area contributed by atoms with Crippen LogP contribution in [-0.4, -0.2) is 29.8 Å². The van der Waals surface area contributed by atoms with Crippen LogP contribution in [0.4, 0.5) is 5.69 Å². The van der Waals surface area contributed by atoms with E-state index in [-0.39, 0.29) is 11.8 Å². The van der Waals surface area contributed by atoms with Crippen molar-refractivity contribution in [3.63, 3.8) is 0 Å². The quantitative estimate of drug-likeness (QED) is 0.639. The fourth-order valence-electron chi connectivity index (χ4n) is 3.54. The molecular formula is C22H25BrN2O2. The Balaban J connectivity index is 1.96. The standard InChI is InChI=1S/C22H25BrN2O2/c1-17(26)25-15-9-3-2-8-14-24(16-18-10-4-7-13-21(18)25)22(27)19-11-5-6-12-20(19)23/h4-7,10-13H,2-3,8-9,14-16H2,1H3. The van der Waals surface area contributed by atoms with Crippen molar-refractivity contribution < 1.29 is 9.59 Å². The predicted octanol–water partition coefficient (Wildman–Crippen LogP) is 5.02. The number of hydrogen-bond acceptors (Lipinski definition) is 2. The van der Waals surface area contributed by atoms with E-state index in [1.807, 2.05) is 58.3 Å². The summed E-state index contributed by atoms with van der Waals surface area (Å²) in [7, 11) is 0. The molecule has 2 aromatic rings. The third-order valence-electron chi connectivity index (χ3n) is 4.97. The number of amides is 2. The van der Waals surface area contributed by atoms with Gasteiger partial charge in [0.05, 0.1) is 5.56 Å². The Hall–Kier alpha value is -2.14. The highest BCUT2D eigenvalue weighted by atomic mass is 79.9. The Kier molecular flexibility index (Phi) is 6.67. The van der Waals surface area contributed by atoms with Crippen LogP contribution in [0.3, 0.4) is 0 Å². The van der Waals surface area contributed by atoms with Gasteiger partial charge in [-0.3, -0.25) is 9.59 Å². The molecule has 142 valence electrons. The van der Waals surface area contributed by atoms with E-state index in [1.54, 1.807) is 6.92 Å². The number of fused-ring (bicyclic) bond motifs is 1. The molecule has 5 heteroatoms. The Morgan fingerprint density at radius 3 is 2.30 bits per heavy atom. The SMILES string of the molecule is CC(=O)N1CCCCCCN(C(=O)c2ccccc2Br)Cc2ccccc21. The maximum atomic E-state index is 13.2. The molecule has 0 N–H and O–H groups in total. The van der Waals surface area contributed by atoms with E-state index in [0.29, 0.717) is 18.7 Å². The van der Waals surface area contributed by atoms with Gasteiger partial charge in [-0.1, -0.05) is 43.2 Å². The lowest BCUT2D eigenvalue weighted by molar-refractivity contribution is -0.116. The summed E-state index contributed by atoms with van der Waals surface area (Å²) in [6, 6.07) is 15.5. The number of para-hydroxylation sites is 1. The number of halogens is 1. The van der Waals surface area contributed by atoms with Crippen molar-refractivity contribution in [2.45, 2.75) is 39.2 Å². The molecule has 4 nitrogen and oxygen atoms in total. The molecule has 0 saturated heterocycles. The van der Waals surface area contributed by atoms with Crippen LogP contribution in [0.5, 0.6) is 0 Å². The second-order valence-electron chi connectivity index (χ2n) is 6.92. The first-order valence-electron chi connectivity index (χ1n) is 9.47. The highest BCUT2D eigenvalue weighted by Gasteiger charge is 2.22. The molecule has 0 saturated carbocycles. The number of hydrogen-bond donors (Lipinski definition) is 0. The molecular weight excluding hydrogens is 404 g/mol. The molecule has 0 radical (unpaired) electrons. The first-order valence-corrected chi connectivity index (χ1v) is 10.3. The van der Waals surface area contributed by atoms with Crippen molar-refractivity contribution >= 4 is 33.4 Å². The fourth-order valence-corrected chi connectivity index (χ4v) is 4.00. The van der Waals surface area contributed by atoms with Gasteiger partial charge in [-0.05, 0) is 52.5 Å². The monoisotopic (exact) mass is 428 g/mol. The first-order chi connectivity index (χ1) is 13.1.